The van der Waals surface area contributed by atoms with E-state index in [1.54, 1.807) is 30.3 Å². The van der Waals surface area contributed by atoms with Crippen molar-refractivity contribution < 1.29 is 9.34 Å². The number of hydrogen-bond donors (Lipinski definition) is 0. The van der Waals surface area contributed by atoms with Crippen LogP contribution in [-0.2, 0) is 6.42 Å². The molecule has 0 radical (unpaired) electrons. The fourth-order valence-corrected chi connectivity index (χ4v) is 1.65. The molecule has 0 unspecified atom stereocenters. The molecule has 0 N–H and O–H groups in total. The average Bonchev–Trinajstić information content (AvgIpc) is 2.84. The van der Waals surface area contributed by atoms with E-state index in [9.17, 15) is 10.1 Å². The van der Waals surface area contributed by atoms with Gasteiger partial charge in [-0.3, -0.25) is 10.1 Å². The molecule has 2 aromatic rings. The third kappa shape index (κ3) is 2.66. The fourth-order valence-electron chi connectivity index (χ4n) is 1.65. The van der Waals surface area contributed by atoms with Gasteiger partial charge in [-0.05, 0) is 24.3 Å². The zero-order chi connectivity index (χ0) is 13.0. The van der Waals surface area contributed by atoms with E-state index in [-0.39, 0.29) is 5.70 Å². The average molecular weight is 243 g/mol. The zero-order valence-electron chi connectivity index (χ0n) is 10.00. The highest BCUT2D eigenvalue weighted by atomic mass is 16.6. The molecule has 0 aliphatic heterocycles. The Morgan fingerprint density at radius 2 is 2.00 bits per heavy atom. The Morgan fingerprint density at radius 3 is 2.56 bits per heavy atom. The molecule has 4 heteroatoms. The molecule has 4 nitrogen and oxygen atoms in total. The van der Waals surface area contributed by atoms with Crippen LogP contribution in [0.4, 0.5) is 0 Å². The highest BCUT2D eigenvalue weighted by Gasteiger charge is 2.14. The maximum Gasteiger partial charge on any atom is 0.280 e. The van der Waals surface area contributed by atoms with E-state index in [1.165, 1.54) is 6.08 Å². The maximum atomic E-state index is 11.1. The minimum absolute atomic E-state index is 0.0348. The highest BCUT2D eigenvalue weighted by Crippen LogP contribution is 2.20. The number of benzene rings is 1. The van der Waals surface area contributed by atoms with Gasteiger partial charge >= 0.3 is 0 Å². The Hall–Kier alpha value is -2.36. The molecular weight excluding hydrogens is 230 g/mol. The van der Waals surface area contributed by atoms with Crippen molar-refractivity contribution in [2.24, 2.45) is 0 Å². The van der Waals surface area contributed by atoms with Crippen LogP contribution in [0, 0.1) is 10.1 Å². The lowest BCUT2D eigenvalue weighted by atomic mass is 10.1. The Labute approximate surface area is 105 Å². The fraction of sp³-hybridized carbons (Fsp3) is 0.143. The molecule has 0 aliphatic rings. The van der Waals surface area contributed by atoms with Crippen molar-refractivity contribution in [3.8, 4) is 0 Å². The van der Waals surface area contributed by atoms with Gasteiger partial charge in [0.2, 0.25) is 0 Å². The minimum Gasteiger partial charge on any atom is -0.461 e. The van der Waals surface area contributed by atoms with E-state index in [0.29, 0.717) is 11.3 Å². The molecule has 0 bridgehead atoms. The van der Waals surface area contributed by atoms with Gasteiger partial charge in [0.05, 0.1) is 16.6 Å². The number of aryl methyl sites for hydroxylation is 1. The number of nitrogens with zero attached hydrogens (tertiary/aromatic N) is 1. The number of nitro groups is 1. The first-order valence-corrected chi connectivity index (χ1v) is 5.71. The first-order chi connectivity index (χ1) is 8.70. The lowest BCUT2D eigenvalue weighted by molar-refractivity contribution is -0.374. The van der Waals surface area contributed by atoms with Gasteiger partial charge in [0.25, 0.3) is 5.70 Å². The van der Waals surface area contributed by atoms with Crippen LogP contribution in [0.15, 0.2) is 46.9 Å². The van der Waals surface area contributed by atoms with Gasteiger partial charge in [-0.2, -0.15) is 0 Å². The predicted molar refractivity (Wildman–Crippen MR) is 69.4 cm³/mol. The molecule has 1 aromatic heterocycles. The third-order valence-electron chi connectivity index (χ3n) is 2.58. The smallest absolute Gasteiger partial charge is 0.280 e. The summed E-state index contributed by atoms with van der Waals surface area (Å²) in [5.74, 6) is 1.32. The number of rotatable bonds is 4. The van der Waals surface area contributed by atoms with E-state index in [1.807, 2.05) is 19.1 Å². The summed E-state index contributed by atoms with van der Waals surface area (Å²) < 4.78 is 5.45. The summed E-state index contributed by atoms with van der Waals surface area (Å²) in [4.78, 5) is 10.7. The third-order valence-corrected chi connectivity index (χ3v) is 2.58. The topological polar surface area (TPSA) is 56.3 Å². The second kappa shape index (κ2) is 5.31. The number of hydrogen-bond acceptors (Lipinski definition) is 3. The van der Waals surface area contributed by atoms with E-state index in [2.05, 4.69) is 0 Å². The molecule has 0 saturated heterocycles. The second-order valence-corrected chi connectivity index (χ2v) is 3.81. The lowest BCUT2D eigenvalue weighted by Crippen LogP contribution is -1.97. The Morgan fingerprint density at radius 1 is 1.28 bits per heavy atom. The number of furan rings is 1. The molecule has 0 atom stereocenters. The molecule has 92 valence electrons. The molecule has 0 spiro atoms. The first-order valence-electron chi connectivity index (χ1n) is 5.71. The summed E-state index contributed by atoms with van der Waals surface area (Å²) in [5.41, 5.74) is 0.601. The Bertz CT molecular complexity index is 570. The van der Waals surface area contributed by atoms with Gasteiger partial charge in [0.15, 0.2) is 0 Å². The molecular formula is C14H13NO3. The van der Waals surface area contributed by atoms with Gasteiger partial charge in [-0.25, -0.2) is 0 Å². The largest absolute Gasteiger partial charge is 0.461 e. The summed E-state index contributed by atoms with van der Waals surface area (Å²) in [6.45, 7) is 1.97. The van der Waals surface area contributed by atoms with E-state index < -0.39 is 4.92 Å². The van der Waals surface area contributed by atoms with Crippen molar-refractivity contribution in [3.05, 3.63) is 69.7 Å². The van der Waals surface area contributed by atoms with Crippen LogP contribution in [0.25, 0.3) is 11.8 Å². The van der Waals surface area contributed by atoms with Gasteiger partial charge < -0.3 is 4.42 Å². The van der Waals surface area contributed by atoms with Crippen LogP contribution in [-0.4, -0.2) is 4.92 Å². The summed E-state index contributed by atoms with van der Waals surface area (Å²) in [5, 5.41) is 11.1. The van der Waals surface area contributed by atoms with Crippen molar-refractivity contribution in [2.45, 2.75) is 13.3 Å². The van der Waals surface area contributed by atoms with Crippen LogP contribution < -0.4 is 0 Å². The summed E-state index contributed by atoms with van der Waals surface area (Å²) in [6.07, 6.45) is 2.22. The van der Waals surface area contributed by atoms with Gasteiger partial charge in [0, 0.05) is 6.42 Å². The van der Waals surface area contributed by atoms with Crippen LogP contribution >= 0.6 is 0 Å². The molecule has 2 rings (SSSR count). The predicted octanol–water partition coefficient (Wildman–Crippen LogP) is 3.62. The van der Waals surface area contributed by atoms with Crippen molar-refractivity contribution in [3.63, 3.8) is 0 Å². The monoisotopic (exact) mass is 243 g/mol. The summed E-state index contributed by atoms with van der Waals surface area (Å²) in [7, 11) is 0. The van der Waals surface area contributed by atoms with Crippen LogP contribution in [0.1, 0.15) is 24.0 Å². The maximum absolute atomic E-state index is 11.1. The van der Waals surface area contributed by atoms with Crippen LogP contribution in [0.3, 0.4) is 0 Å². The van der Waals surface area contributed by atoms with Gasteiger partial charge in [0.1, 0.15) is 11.5 Å². The molecule has 0 amide bonds. The molecule has 0 fully saturated rings. The van der Waals surface area contributed by atoms with E-state index >= 15 is 0 Å². The second-order valence-electron chi connectivity index (χ2n) is 3.81. The normalized spacial score (nSPS) is 11.5. The van der Waals surface area contributed by atoms with Crippen LogP contribution in [0.2, 0.25) is 0 Å². The molecule has 0 saturated carbocycles. The quantitative estimate of drug-likeness (QED) is 0.608. The summed E-state index contributed by atoms with van der Waals surface area (Å²) >= 11 is 0. The molecule has 1 aromatic carbocycles. The van der Waals surface area contributed by atoms with Crippen molar-refractivity contribution in [1.82, 2.24) is 0 Å². The van der Waals surface area contributed by atoms with Crippen molar-refractivity contribution >= 4 is 11.8 Å². The van der Waals surface area contributed by atoms with Crippen molar-refractivity contribution in [2.75, 3.05) is 0 Å². The Kier molecular flexibility index (Phi) is 3.57. The summed E-state index contributed by atoms with van der Waals surface area (Å²) in [6, 6.07) is 12.3. The Balaban J connectivity index is 2.39. The lowest BCUT2D eigenvalue weighted by Gasteiger charge is -1.97. The van der Waals surface area contributed by atoms with E-state index in [4.69, 9.17) is 4.42 Å². The minimum atomic E-state index is -0.399. The molecule has 0 aliphatic carbocycles. The SMILES string of the molecule is CCc1ccc(C=C(c2ccccc2)[N+](=O)[O-])o1. The van der Waals surface area contributed by atoms with Crippen LogP contribution in [0.5, 0.6) is 0 Å². The highest BCUT2D eigenvalue weighted by molar-refractivity contribution is 5.74. The first kappa shape index (κ1) is 12.1. The van der Waals surface area contributed by atoms with E-state index in [0.717, 1.165) is 12.2 Å². The standard InChI is InChI=1S/C14H13NO3/c1-2-12-8-9-13(18-12)10-14(15(16)17)11-6-4-3-5-7-11/h3-10H,2H2,1H3. The zero-order valence-corrected chi connectivity index (χ0v) is 10.00. The van der Waals surface area contributed by atoms with Gasteiger partial charge in [-0.15, -0.1) is 0 Å². The van der Waals surface area contributed by atoms with Gasteiger partial charge in [-0.1, -0.05) is 25.1 Å². The molecule has 1 heterocycles. The molecule has 18 heavy (non-hydrogen) atoms. The van der Waals surface area contributed by atoms with Crippen molar-refractivity contribution in [1.29, 1.82) is 0 Å².